The molecule has 1 fully saturated rings. The van der Waals surface area contributed by atoms with Crippen LogP contribution < -0.4 is 5.73 Å². The molecule has 1 saturated heterocycles. The zero-order valence-electron chi connectivity index (χ0n) is 11.9. The third kappa shape index (κ3) is 3.73. The fourth-order valence-corrected chi connectivity index (χ4v) is 2.49. The Balaban J connectivity index is 1.78. The molecular weight excluding hydrogens is 224 g/mol. The summed E-state index contributed by atoms with van der Waals surface area (Å²) >= 11 is 0. The lowest BCUT2D eigenvalue weighted by molar-refractivity contribution is 0.165. The molecule has 0 bridgehead atoms. The SMILES string of the molecule is CC(C)(C)CCN1CCC(n2cnc(N)c2)CC1. The Labute approximate surface area is 110 Å². The first-order valence-electron chi connectivity index (χ1n) is 6.95. The number of nitrogens with zero attached hydrogens (tertiary/aromatic N) is 3. The summed E-state index contributed by atoms with van der Waals surface area (Å²) in [6.45, 7) is 10.6. The van der Waals surface area contributed by atoms with Crippen LogP contribution in [0.1, 0.15) is 46.1 Å². The van der Waals surface area contributed by atoms with Crippen LogP contribution in [0.2, 0.25) is 0 Å². The monoisotopic (exact) mass is 250 g/mol. The van der Waals surface area contributed by atoms with Gasteiger partial charge in [-0.1, -0.05) is 20.8 Å². The van der Waals surface area contributed by atoms with Crippen molar-refractivity contribution >= 4 is 5.82 Å². The lowest BCUT2D eigenvalue weighted by Crippen LogP contribution is -2.36. The molecule has 4 nitrogen and oxygen atoms in total. The Bertz CT molecular complexity index is 369. The highest BCUT2D eigenvalue weighted by molar-refractivity contribution is 5.22. The van der Waals surface area contributed by atoms with Gasteiger partial charge >= 0.3 is 0 Å². The topological polar surface area (TPSA) is 47.1 Å². The normalized spacial score (nSPS) is 19.3. The van der Waals surface area contributed by atoms with E-state index in [9.17, 15) is 0 Å². The van der Waals surface area contributed by atoms with Crippen LogP contribution in [0.5, 0.6) is 0 Å². The highest BCUT2D eigenvalue weighted by atomic mass is 15.2. The van der Waals surface area contributed by atoms with Crippen molar-refractivity contribution in [2.75, 3.05) is 25.4 Å². The summed E-state index contributed by atoms with van der Waals surface area (Å²) < 4.78 is 2.18. The van der Waals surface area contributed by atoms with Crippen molar-refractivity contribution in [1.29, 1.82) is 0 Å². The van der Waals surface area contributed by atoms with Crippen LogP contribution in [-0.4, -0.2) is 34.1 Å². The van der Waals surface area contributed by atoms with Crippen LogP contribution >= 0.6 is 0 Å². The maximum atomic E-state index is 5.67. The standard InChI is InChI=1S/C14H26N4/c1-14(2,3)6-9-17-7-4-12(5-8-17)18-10-13(15)16-11-18/h10-12H,4-9,15H2,1-3H3. The number of anilines is 1. The molecule has 102 valence electrons. The quantitative estimate of drug-likeness (QED) is 0.896. The number of imidazole rings is 1. The minimum Gasteiger partial charge on any atom is -0.382 e. The zero-order chi connectivity index (χ0) is 13.2. The molecule has 0 radical (unpaired) electrons. The van der Waals surface area contributed by atoms with Crippen molar-refractivity contribution in [3.8, 4) is 0 Å². The van der Waals surface area contributed by atoms with Gasteiger partial charge in [-0.25, -0.2) is 4.98 Å². The van der Waals surface area contributed by atoms with Gasteiger partial charge in [0.2, 0.25) is 0 Å². The van der Waals surface area contributed by atoms with E-state index < -0.39 is 0 Å². The molecule has 1 aromatic rings. The van der Waals surface area contributed by atoms with Crippen LogP contribution in [0.3, 0.4) is 0 Å². The fraction of sp³-hybridized carbons (Fsp3) is 0.786. The molecular formula is C14H26N4. The molecule has 0 unspecified atom stereocenters. The van der Waals surface area contributed by atoms with E-state index in [2.05, 4.69) is 35.2 Å². The molecule has 4 heteroatoms. The number of piperidine rings is 1. The van der Waals surface area contributed by atoms with Gasteiger partial charge < -0.3 is 15.2 Å². The Kier molecular flexibility index (Phi) is 3.95. The third-order valence-corrected chi connectivity index (χ3v) is 3.78. The summed E-state index contributed by atoms with van der Waals surface area (Å²) in [5.74, 6) is 0.630. The molecule has 2 heterocycles. The van der Waals surface area contributed by atoms with Gasteiger partial charge in [-0.15, -0.1) is 0 Å². The van der Waals surface area contributed by atoms with E-state index in [0.717, 1.165) is 0 Å². The van der Waals surface area contributed by atoms with E-state index in [0.29, 0.717) is 17.3 Å². The van der Waals surface area contributed by atoms with Crippen molar-refractivity contribution in [1.82, 2.24) is 14.5 Å². The van der Waals surface area contributed by atoms with Gasteiger partial charge in [0.05, 0.1) is 6.33 Å². The van der Waals surface area contributed by atoms with Crippen LogP contribution in [0.15, 0.2) is 12.5 Å². The first kappa shape index (κ1) is 13.4. The number of likely N-dealkylation sites (tertiary alicyclic amines) is 1. The predicted molar refractivity (Wildman–Crippen MR) is 75.4 cm³/mol. The van der Waals surface area contributed by atoms with Crippen LogP contribution in [-0.2, 0) is 0 Å². The molecule has 2 N–H and O–H groups in total. The molecule has 0 amide bonds. The van der Waals surface area contributed by atoms with E-state index in [1.165, 1.54) is 38.9 Å². The van der Waals surface area contributed by atoms with Crippen molar-refractivity contribution < 1.29 is 0 Å². The average Bonchev–Trinajstić information content (AvgIpc) is 2.73. The number of hydrogen-bond donors (Lipinski definition) is 1. The number of hydrogen-bond acceptors (Lipinski definition) is 3. The maximum Gasteiger partial charge on any atom is 0.141 e. The van der Waals surface area contributed by atoms with E-state index in [4.69, 9.17) is 5.73 Å². The number of nitrogen functional groups attached to an aromatic ring is 1. The molecule has 1 aliphatic rings. The Morgan fingerprint density at radius 2 is 2.00 bits per heavy atom. The van der Waals surface area contributed by atoms with E-state index in [-0.39, 0.29) is 0 Å². The second-order valence-corrected chi connectivity index (χ2v) is 6.63. The van der Waals surface area contributed by atoms with Crippen LogP contribution in [0.25, 0.3) is 0 Å². The van der Waals surface area contributed by atoms with Gasteiger partial charge in [-0.2, -0.15) is 0 Å². The molecule has 2 rings (SSSR count). The Hall–Kier alpha value is -1.03. The molecule has 1 aliphatic heterocycles. The summed E-state index contributed by atoms with van der Waals surface area (Å²) in [5, 5.41) is 0. The molecule has 0 aliphatic carbocycles. The molecule has 0 atom stereocenters. The largest absolute Gasteiger partial charge is 0.382 e. The highest BCUT2D eigenvalue weighted by Gasteiger charge is 2.21. The van der Waals surface area contributed by atoms with Gasteiger partial charge in [0.1, 0.15) is 5.82 Å². The number of aromatic nitrogens is 2. The van der Waals surface area contributed by atoms with E-state index in [1.807, 2.05) is 12.5 Å². The van der Waals surface area contributed by atoms with Gasteiger partial charge in [-0.3, -0.25) is 0 Å². The lowest BCUT2D eigenvalue weighted by atomic mass is 9.91. The van der Waals surface area contributed by atoms with Crippen LogP contribution in [0, 0.1) is 5.41 Å². The van der Waals surface area contributed by atoms with Crippen molar-refractivity contribution in [2.24, 2.45) is 5.41 Å². The van der Waals surface area contributed by atoms with Gasteiger partial charge in [-0.05, 0) is 31.2 Å². The number of rotatable bonds is 3. The number of nitrogens with two attached hydrogens (primary N) is 1. The van der Waals surface area contributed by atoms with Crippen LogP contribution in [0.4, 0.5) is 5.82 Å². The van der Waals surface area contributed by atoms with Crippen molar-refractivity contribution in [2.45, 2.75) is 46.1 Å². The second kappa shape index (κ2) is 5.31. The predicted octanol–water partition coefficient (Wildman–Crippen LogP) is 2.54. The third-order valence-electron chi connectivity index (χ3n) is 3.78. The molecule has 18 heavy (non-hydrogen) atoms. The summed E-state index contributed by atoms with van der Waals surface area (Å²) in [7, 11) is 0. The molecule has 1 aromatic heterocycles. The maximum absolute atomic E-state index is 5.67. The van der Waals surface area contributed by atoms with Gasteiger partial charge in [0.15, 0.2) is 0 Å². The Morgan fingerprint density at radius 3 is 2.50 bits per heavy atom. The smallest absolute Gasteiger partial charge is 0.141 e. The van der Waals surface area contributed by atoms with Gasteiger partial charge in [0, 0.05) is 25.3 Å². The van der Waals surface area contributed by atoms with Crippen molar-refractivity contribution in [3.05, 3.63) is 12.5 Å². The summed E-state index contributed by atoms with van der Waals surface area (Å²) in [6, 6.07) is 0.584. The first-order chi connectivity index (χ1) is 8.44. The minimum absolute atomic E-state index is 0.440. The lowest BCUT2D eigenvalue weighted by Gasteiger charge is -2.34. The summed E-state index contributed by atoms with van der Waals surface area (Å²) in [6.07, 6.45) is 7.51. The molecule has 0 aromatic carbocycles. The van der Waals surface area contributed by atoms with Crippen molar-refractivity contribution in [3.63, 3.8) is 0 Å². The van der Waals surface area contributed by atoms with Gasteiger partial charge in [0.25, 0.3) is 0 Å². The highest BCUT2D eigenvalue weighted by Crippen LogP contribution is 2.25. The minimum atomic E-state index is 0.440. The summed E-state index contributed by atoms with van der Waals surface area (Å²) in [4.78, 5) is 6.69. The zero-order valence-corrected chi connectivity index (χ0v) is 11.9. The second-order valence-electron chi connectivity index (χ2n) is 6.63. The van der Waals surface area contributed by atoms with E-state index >= 15 is 0 Å². The summed E-state index contributed by atoms with van der Waals surface area (Å²) in [5.41, 5.74) is 6.11. The Morgan fingerprint density at radius 1 is 1.33 bits per heavy atom. The average molecular weight is 250 g/mol. The molecule has 0 spiro atoms. The molecule has 0 saturated carbocycles. The fourth-order valence-electron chi connectivity index (χ4n) is 2.49. The van der Waals surface area contributed by atoms with E-state index in [1.54, 1.807) is 0 Å². The first-order valence-corrected chi connectivity index (χ1v) is 6.95.